The van der Waals surface area contributed by atoms with Gasteiger partial charge < -0.3 is 11.1 Å². The second-order valence-corrected chi connectivity index (χ2v) is 5.91. The zero-order valence-corrected chi connectivity index (χ0v) is 13.1. The van der Waals surface area contributed by atoms with Crippen LogP contribution in [-0.2, 0) is 10.8 Å². The maximum absolute atomic E-state index is 11.7. The molecule has 1 fully saturated rings. The molecule has 3 atom stereocenters. The predicted octanol–water partition coefficient (Wildman–Crippen LogP) is 1.22. The Morgan fingerprint density at radius 2 is 2.25 bits per heavy atom. The summed E-state index contributed by atoms with van der Waals surface area (Å²) in [6.45, 7) is 1.98. The Labute approximate surface area is 117 Å². The maximum atomic E-state index is 11.7. The van der Waals surface area contributed by atoms with Gasteiger partial charge in [-0.1, -0.05) is 13.3 Å². The Kier molecular flexibility index (Phi) is 8.35. The molecule has 0 aromatic carbocycles. The molecule has 3 unspecified atom stereocenters. The van der Waals surface area contributed by atoms with Gasteiger partial charge in [0.15, 0.2) is 5.96 Å². The van der Waals surface area contributed by atoms with E-state index < -0.39 is 10.8 Å². The summed E-state index contributed by atoms with van der Waals surface area (Å²) < 4.78 is 11.7. The van der Waals surface area contributed by atoms with Gasteiger partial charge in [0.1, 0.15) is 0 Å². The zero-order chi connectivity index (χ0) is 11.3. The Hall–Kier alpha value is 0.150. The first-order valence-electron chi connectivity index (χ1n) is 5.53. The van der Waals surface area contributed by atoms with Crippen molar-refractivity contribution in [2.75, 3.05) is 12.8 Å². The van der Waals surface area contributed by atoms with Crippen molar-refractivity contribution in [1.82, 2.24) is 5.32 Å². The number of hydrogen-bond acceptors (Lipinski definition) is 2. The minimum atomic E-state index is -0.672. The molecule has 0 aromatic heterocycles. The van der Waals surface area contributed by atoms with Crippen molar-refractivity contribution in [2.45, 2.75) is 43.9 Å². The molecule has 0 amide bonds. The van der Waals surface area contributed by atoms with Crippen LogP contribution in [0.5, 0.6) is 0 Å². The molecule has 0 aliphatic heterocycles. The number of halogens is 1. The first kappa shape index (κ1) is 16.1. The van der Waals surface area contributed by atoms with E-state index >= 15 is 0 Å². The van der Waals surface area contributed by atoms with E-state index in [9.17, 15) is 4.21 Å². The summed E-state index contributed by atoms with van der Waals surface area (Å²) >= 11 is 0. The molecule has 3 N–H and O–H groups in total. The molecule has 1 aliphatic carbocycles. The van der Waals surface area contributed by atoms with Crippen LogP contribution < -0.4 is 11.1 Å². The fraction of sp³-hybridized carbons (Fsp3) is 0.900. The normalized spacial score (nSPS) is 28.0. The largest absolute Gasteiger partial charge is 0.370 e. The molecule has 0 heterocycles. The minimum Gasteiger partial charge on any atom is -0.370 e. The lowest BCUT2D eigenvalue weighted by molar-refractivity contribution is 0.416. The molecule has 1 saturated carbocycles. The van der Waals surface area contributed by atoms with Crippen molar-refractivity contribution in [1.29, 1.82) is 0 Å². The molecule has 4 nitrogen and oxygen atoms in total. The van der Waals surface area contributed by atoms with Crippen molar-refractivity contribution in [3.8, 4) is 0 Å². The summed E-state index contributed by atoms with van der Waals surface area (Å²) in [7, 11) is 1.00. The van der Waals surface area contributed by atoms with Crippen LogP contribution in [0.3, 0.4) is 0 Å². The summed E-state index contributed by atoms with van der Waals surface area (Å²) in [6.07, 6.45) is 4.27. The minimum absolute atomic E-state index is 0. The van der Waals surface area contributed by atoms with Crippen molar-refractivity contribution in [3.05, 3.63) is 0 Å². The molecular formula is C10H22IN3OS. The van der Waals surface area contributed by atoms with E-state index in [-0.39, 0.29) is 24.0 Å². The zero-order valence-electron chi connectivity index (χ0n) is 9.94. The van der Waals surface area contributed by atoms with Gasteiger partial charge in [-0.3, -0.25) is 9.20 Å². The summed E-state index contributed by atoms with van der Waals surface area (Å²) in [5.41, 5.74) is 5.62. The van der Waals surface area contributed by atoms with E-state index in [0.29, 0.717) is 17.3 Å². The molecule has 0 saturated heterocycles. The van der Waals surface area contributed by atoms with Gasteiger partial charge in [-0.05, 0) is 19.3 Å². The Balaban J connectivity index is 0.00000225. The summed E-state index contributed by atoms with van der Waals surface area (Å²) in [4.78, 5) is 3.88. The Morgan fingerprint density at radius 1 is 1.56 bits per heavy atom. The quantitative estimate of drug-likeness (QED) is 0.452. The molecule has 96 valence electrons. The number of nitrogens with one attached hydrogen (secondary N) is 1. The van der Waals surface area contributed by atoms with Crippen molar-refractivity contribution < 1.29 is 4.21 Å². The predicted molar refractivity (Wildman–Crippen MR) is 80.8 cm³/mol. The van der Waals surface area contributed by atoms with E-state index in [2.05, 4.69) is 10.3 Å². The molecule has 0 bridgehead atoms. The fourth-order valence-electron chi connectivity index (χ4n) is 2.02. The van der Waals surface area contributed by atoms with E-state index in [1.54, 1.807) is 7.05 Å². The Bertz CT molecular complexity index is 260. The Morgan fingerprint density at radius 3 is 2.81 bits per heavy atom. The highest BCUT2D eigenvalue weighted by atomic mass is 127. The van der Waals surface area contributed by atoms with Gasteiger partial charge in [0.05, 0.1) is 0 Å². The lowest BCUT2D eigenvalue weighted by atomic mass is 9.95. The lowest BCUT2D eigenvalue weighted by Crippen LogP contribution is -2.44. The maximum Gasteiger partial charge on any atom is 0.188 e. The van der Waals surface area contributed by atoms with Gasteiger partial charge in [0, 0.05) is 34.9 Å². The summed E-state index contributed by atoms with van der Waals surface area (Å²) in [5, 5.41) is 3.51. The molecule has 0 spiro atoms. The molecule has 0 aromatic rings. The van der Waals surface area contributed by atoms with Crippen LogP contribution in [0.15, 0.2) is 4.99 Å². The van der Waals surface area contributed by atoms with E-state index in [1.165, 1.54) is 0 Å². The van der Waals surface area contributed by atoms with Gasteiger partial charge in [-0.15, -0.1) is 24.0 Å². The number of guanidine groups is 1. The van der Waals surface area contributed by atoms with Crippen LogP contribution in [0.2, 0.25) is 0 Å². The SMILES string of the molecule is CCS(=O)C1CCCC(NC(N)=NC)C1.I. The van der Waals surface area contributed by atoms with Crippen LogP contribution in [-0.4, -0.2) is 34.3 Å². The molecule has 1 aliphatic rings. The van der Waals surface area contributed by atoms with Crippen molar-refractivity contribution >= 4 is 40.7 Å². The molecule has 6 heteroatoms. The monoisotopic (exact) mass is 359 g/mol. The first-order chi connectivity index (χ1) is 7.17. The van der Waals surface area contributed by atoms with Crippen LogP contribution >= 0.6 is 24.0 Å². The lowest BCUT2D eigenvalue weighted by Gasteiger charge is -2.29. The third-order valence-corrected chi connectivity index (χ3v) is 4.62. The summed E-state index contributed by atoms with van der Waals surface area (Å²) in [6, 6.07) is 0.350. The average molecular weight is 359 g/mol. The van der Waals surface area contributed by atoms with Crippen LogP contribution in [0.4, 0.5) is 0 Å². The van der Waals surface area contributed by atoms with E-state index in [4.69, 9.17) is 5.73 Å². The number of nitrogens with zero attached hydrogens (tertiary/aromatic N) is 1. The molecule has 0 radical (unpaired) electrons. The first-order valence-corrected chi connectivity index (χ1v) is 6.91. The van der Waals surface area contributed by atoms with E-state index in [1.807, 2.05) is 6.92 Å². The fourth-order valence-corrected chi connectivity index (χ4v) is 3.37. The van der Waals surface area contributed by atoms with Gasteiger partial charge in [0.25, 0.3) is 0 Å². The smallest absolute Gasteiger partial charge is 0.188 e. The van der Waals surface area contributed by atoms with Gasteiger partial charge in [0.2, 0.25) is 0 Å². The highest BCUT2D eigenvalue weighted by Crippen LogP contribution is 2.22. The van der Waals surface area contributed by atoms with Gasteiger partial charge >= 0.3 is 0 Å². The molecule has 16 heavy (non-hydrogen) atoms. The van der Waals surface area contributed by atoms with Crippen LogP contribution in [0, 0.1) is 0 Å². The number of rotatable bonds is 3. The number of hydrogen-bond donors (Lipinski definition) is 2. The molecular weight excluding hydrogens is 337 g/mol. The average Bonchev–Trinajstić information content (AvgIpc) is 2.28. The van der Waals surface area contributed by atoms with Crippen LogP contribution in [0.25, 0.3) is 0 Å². The summed E-state index contributed by atoms with van der Waals surface area (Å²) in [5.74, 6) is 1.25. The number of nitrogens with two attached hydrogens (primary N) is 1. The van der Waals surface area contributed by atoms with Crippen molar-refractivity contribution in [2.24, 2.45) is 10.7 Å². The standard InChI is InChI=1S/C10H21N3OS.HI/c1-3-15(14)9-6-4-5-8(7-9)13-10(11)12-2;/h8-9H,3-7H2,1-2H3,(H3,11,12,13);1H. The highest BCUT2D eigenvalue weighted by molar-refractivity contribution is 14.0. The topological polar surface area (TPSA) is 67.5 Å². The van der Waals surface area contributed by atoms with E-state index in [0.717, 1.165) is 31.4 Å². The van der Waals surface area contributed by atoms with Gasteiger partial charge in [-0.2, -0.15) is 0 Å². The third kappa shape index (κ3) is 4.99. The highest BCUT2D eigenvalue weighted by Gasteiger charge is 2.25. The third-order valence-electron chi connectivity index (χ3n) is 2.88. The van der Waals surface area contributed by atoms with Crippen molar-refractivity contribution in [3.63, 3.8) is 0 Å². The van der Waals surface area contributed by atoms with Gasteiger partial charge in [-0.25, -0.2) is 0 Å². The number of aliphatic imine (C=N–C) groups is 1. The second kappa shape index (κ2) is 8.27. The molecule has 1 rings (SSSR count). The van der Waals surface area contributed by atoms with Crippen LogP contribution in [0.1, 0.15) is 32.6 Å². The second-order valence-electron chi connectivity index (χ2n) is 3.91.